The number of carbonyl (C=O) groups is 1. The Kier molecular flexibility index (Phi) is 2.30. The Hall–Kier alpha value is -1.60. The molecule has 0 spiro atoms. The van der Waals surface area contributed by atoms with Gasteiger partial charge in [-0.25, -0.2) is 0 Å². The van der Waals surface area contributed by atoms with E-state index in [4.69, 9.17) is 11.6 Å². The second-order valence-corrected chi connectivity index (χ2v) is 4.78. The molecule has 0 fully saturated rings. The highest BCUT2D eigenvalue weighted by Gasteiger charge is 2.30. The predicted molar refractivity (Wildman–Crippen MR) is 70.0 cm³/mol. The Labute approximate surface area is 105 Å². The molecule has 17 heavy (non-hydrogen) atoms. The van der Waals surface area contributed by atoms with Gasteiger partial charge in [-0.2, -0.15) is 0 Å². The summed E-state index contributed by atoms with van der Waals surface area (Å²) in [6, 6.07) is 7.67. The van der Waals surface area contributed by atoms with Crippen molar-refractivity contribution in [3.63, 3.8) is 0 Å². The molecule has 0 saturated heterocycles. The van der Waals surface area contributed by atoms with Crippen molar-refractivity contribution in [1.29, 1.82) is 0 Å². The first kappa shape index (κ1) is 10.5. The van der Waals surface area contributed by atoms with Crippen molar-refractivity contribution in [2.75, 3.05) is 0 Å². The molecule has 1 nitrogen and oxygen atoms in total. The number of carbonyl (C=O) groups excluding carboxylic acids is 1. The molecule has 1 aromatic rings. The molecular formula is C15H11ClO. The lowest BCUT2D eigenvalue weighted by Gasteiger charge is -2.03. The standard InChI is InChI=1S/C15H11ClO/c1-9-6-7-12-14(13(16)8-9)10-4-2-3-5-11(10)15(12)17/h2-6,8H,7H2,1H3. The fraction of sp³-hybridized carbons (Fsp3) is 0.133. The van der Waals surface area contributed by atoms with Crippen LogP contribution in [0, 0.1) is 0 Å². The summed E-state index contributed by atoms with van der Waals surface area (Å²) in [6.07, 6.45) is 4.65. The minimum absolute atomic E-state index is 0.119. The summed E-state index contributed by atoms with van der Waals surface area (Å²) in [6.45, 7) is 2.00. The zero-order chi connectivity index (χ0) is 12.0. The summed E-state index contributed by atoms with van der Waals surface area (Å²) in [5.74, 6) is 0.119. The van der Waals surface area contributed by atoms with Crippen molar-refractivity contribution in [2.45, 2.75) is 13.3 Å². The molecule has 0 saturated carbocycles. The van der Waals surface area contributed by atoms with Crippen molar-refractivity contribution in [3.8, 4) is 0 Å². The van der Waals surface area contributed by atoms with Crippen LogP contribution in [0.3, 0.4) is 0 Å². The molecule has 2 heteroatoms. The van der Waals surface area contributed by atoms with Crippen LogP contribution in [0.5, 0.6) is 0 Å². The van der Waals surface area contributed by atoms with E-state index in [1.54, 1.807) is 0 Å². The highest BCUT2D eigenvalue weighted by atomic mass is 35.5. The zero-order valence-electron chi connectivity index (χ0n) is 9.46. The number of benzene rings is 1. The zero-order valence-corrected chi connectivity index (χ0v) is 10.2. The normalized spacial score (nSPS) is 18.4. The molecule has 0 aliphatic heterocycles. The van der Waals surface area contributed by atoms with E-state index in [1.165, 1.54) is 0 Å². The fourth-order valence-corrected chi connectivity index (χ4v) is 2.79. The van der Waals surface area contributed by atoms with E-state index in [2.05, 4.69) is 6.08 Å². The second kappa shape index (κ2) is 3.71. The molecule has 0 unspecified atom stereocenters. The number of Topliss-reactive ketones (excluding diaryl/α,β-unsaturated/α-hetero) is 1. The van der Waals surface area contributed by atoms with Gasteiger partial charge >= 0.3 is 0 Å². The summed E-state index contributed by atoms with van der Waals surface area (Å²) in [4.78, 5) is 12.3. The number of fused-ring (bicyclic) bond motifs is 2. The van der Waals surface area contributed by atoms with Gasteiger partial charge in [-0.1, -0.05) is 47.5 Å². The number of allylic oxidation sites excluding steroid dienone is 6. The van der Waals surface area contributed by atoms with E-state index in [0.29, 0.717) is 11.5 Å². The Morgan fingerprint density at radius 1 is 1.18 bits per heavy atom. The first-order valence-electron chi connectivity index (χ1n) is 5.60. The van der Waals surface area contributed by atoms with Crippen LogP contribution in [-0.4, -0.2) is 5.78 Å². The van der Waals surface area contributed by atoms with Gasteiger partial charge in [0.15, 0.2) is 5.78 Å². The number of hydrogen-bond acceptors (Lipinski definition) is 1. The molecule has 3 rings (SSSR count). The quantitative estimate of drug-likeness (QED) is 0.669. The van der Waals surface area contributed by atoms with Crippen molar-refractivity contribution < 1.29 is 4.79 Å². The molecule has 0 amide bonds. The van der Waals surface area contributed by atoms with Crippen LogP contribution in [-0.2, 0) is 0 Å². The summed E-state index contributed by atoms with van der Waals surface area (Å²) in [5.41, 5.74) is 4.59. The van der Waals surface area contributed by atoms with Crippen molar-refractivity contribution in [1.82, 2.24) is 0 Å². The maximum Gasteiger partial charge on any atom is 0.190 e. The molecule has 0 radical (unpaired) electrons. The van der Waals surface area contributed by atoms with Crippen molar-refractivity contribution >= 4 is 23.0 Å². The van der Waals surface area contributed by atoms with Gasteiger partial charge in [-0.05, 0) is 25.0 Å². The minimum atomic E-state index is 0.119. The Morgan fingerprint density at radius 2 is 1.88 bits per heavy atom. The molecule has 2 aliphatic rings. The molecule has 2 aliphatic carbocycles. The van der Waals surface area contributed by atoms with Gasteiger partial charge in [0.25, 0.3) is 0 Å². The van der Waals surface area contributed by atoms with E-state index < -0.39 is 0 Å². The van der Waals surface area contributed by atoms with Crippen LogP contribution in [0.25, 0.3) is 5.57 Å². The second-order valence-electron chi connectivity index (χ2n) is 4.37. The summed E-state index contributed by atoms with van der Waals surface area (Å²) in [5, 5.41) is 0.671. The SMILES string of the molecule is CC1=CCC2=C(C(Cl)=C1)c1ccccc1C2=O. The molecule has 0 N–H and O–H groups in total. The van der Waals surface area contributed by atoms with E-state index in [0.717, 1.165) is 27.8 Å². The Balaban J connectivity index is 2.27. The molecular weight excluding hydrogens is 232 g/mol. The third-order valence-electron chi connectivity index (χ3n) is 3.24. The van der Waals surface area contributed by atoms with Crippen LogP contribution in [0.2, 0.25) is 0 Å². The van der Waals surface area contributed by atoms with Gasteiger partial charge < -0.3 is 0 Å². The predicted octanol–water partition coefficient (Wildman–Crippen LogP) is 4.11. The van der Waals surface area contributed by atoms with Crippen LogP contribution in [0.15, 0.2) is 52.6 Å². The molecule has 1 aromatic carbocycles. The first-order valence-corrected chi connectivity index (χ1v) is 5.98. The third-order valence-corrected chi connectivity index (χ3v) is 3.54. The smallest absolute Gasteiger partial charge is 0.190 e. The molecule has 0 atom stereocenters. The van der Waals surface area contributed by atoms with Gasteiger partial charge in [0.05, 0.1) is 0 Å². The van der Waals surface area contributed by atoms with Crippen LogP contribution < -0.4 is 0 Å². The number of halogens is 1. The maximum absolute atomic E-state index is 12.3. The lowest BCUT2D eigenvalue weighted by Crippen LogP contribution is -1.97. The molecule has 84 valence electrons. The largest absolute Gasteiger partial charge is 0.289 e. The van der Waals surface area contributed by atoms with Gasteiger partial charge in [0, 0.05) is 21.7 Å². The lowest BCUT2D eigenvalue weighted by atomic mass is 10.0. The summed E-state index contributed by atoms with van der Waals surface area (Å²) < 4.78 is 0. The number of rotatable bonds is 0. The molecule has 0 aromatic heterocycles. The first-order chi connectivity index (χ1) is 8.18. The minimum Gasteiger partial charge on any atom is -0.289 e. The highest BCUT2D eigenvalue weighted by Crippen LogP contribution is 2.42. The average molecular weight is 243 g/mol. The topological polar surface area (TPSA) is 17.1 Å². The van der Waals surface area contributed by atoms with Gasteiger partial charge in [-0.3, -0.25) is 4.79 Å². The average Bonchev–Trinajstić information content (AvgIpc) is 2.50. The Morgan fingerprint density at radius 3 is 2.65 bits per heavy atom. The van der Waals surface area contributed by atoms with Crippen molar-refractivity contribution in [3.05, 3.63) is 63.7 Å². The van der Waals surface area contributed by atoms with Crippen molar-refractivity contribution in [2.24, 2.45) is 0 Å². The van der Waals surface area contributed by atoms with Crippen LogP contribution in [0.4, 0.5) is 0 Å². The summed E-state index contributed by atoms with van der Waals surface area (Å²) >= 11 is 6.32. The molecule has 0 heterocycles. The number of ketones is 1. The van der Waals surface area contributed by atoms with E-state index in [-0.39, 0.29) is 5.78 Å². The highest BCUT2D eigenvalue weighted by molar-refractivity contribution is 6.41. The van der Waals surface area contributed by atoms with Gasteiger partial charge in [-0.15, -0.1) is 0 Å². The number of hydrogen-bond donors (Lipinski definition) is 0. The third kappa shape index (κ3) is 1.50. The molecule has 0 bridgehead atoms. The fourth-order valence-electron chi connectivity index (χ4n) is 2.40. The maximum atomic E-state index is 12.3. The monoisotopic (exact) mass is 242 g/mol. The Bertz CT molecular complexity index is 618. The van der Waals surface area contributed by atoms with Crippen LogP contribution in [0.1, 0.15) is 29.3 Å². The van der Waals surface area contributed by atoms with E-state index in [1.807, 2.05) is 37.3 Å². The van der Waals surface area contributed by atoms with E-state index >= 15 is 0 Å². The summed E-state index contributed by atoms with van der Waals surface area (Å²) in [7, 11) is 0. The van der Waals surface area contributed by atoms with Gasteiger partial charge in [0.2, 0.25) is 0 Å². The van der Waals surface area contributed by atoms with Crippen LogP contribution >= 0.6 is 11.6 Å². The van der Waals surface area contributed by atoms with E-state index in [9.17, 15) is 4.79 Å². The van der Waals surface area contributed by atoms with Gasteiger partial charge in [0.1, 0.15) is 0 Å². The lowest BCUT2D eigenvalue weighted by molar-refractivity contribution is 0.103.